The molecule has 0 atom stereocenters. The van der Waals surface area contributed by atoms with Gasteiger partial charge in [-0.05, 0) is 48.5 Å². The summed E-state index contributed by atoms with van der Waals surface area (Å²) in [4.78, 5) is 20.9. The first-order chi connectivity index (χ1) is 28.2. The first kappa shape index (κ1) is 33.6. The molecule has 0 fully saturated rings. The van der Waals surface area contributed by atoms with Crippen LogP contribution in [0.2, 0.25) is 0 Å². The maximum atomic E-state index is 9.87. The fourth-order valence-corrected chi connectivity index (χ4v) is 7.52. The van der Waals surface area contributed by atoms with Gasteiger partial charge in [0, 0.05) is 44.2 Å². The normalized spacial score (nSPS) is 11.1. The molecule has 0 N–H and O–H groups in total. The van der Waals surface area contributed by atoms with Crippen molar-refractivity contribution in [2.24, 2.45) is 0 Å². The lowest BCUT2D eigenvalue weighted by atomic mass is 10.0. The molecule has 6 nitrogen and oxygen atoms in total. The number of benzene rings is 7. The summed E-state index contributed by atoms with van der Waals surface area (Å²) in [6.45, 7) is 0. The van der Waals surface area contributed by atoms with Gasteiger partial charge in [-0.15, -0.1) is 0 Å². The van der Waals surface area contributed by atoms with Crippen LogP contribution in [0.25, 0.3) is 95.3 Å². The molecule has 0 aliphatic heterocycles. The molecule has 10 rings (SSSR count). The second-order valence-electron chi connectivity index (χ2n) is 13.8. The Hall–Kier alpha value is -8.01. The van der Waals surface area contributed by atoms with Crippen molar-refractivity contribution in [2.45, 2.75) is 0 Å². The first-order valence-corrected chi connectivity index (χ1v) is 18.8. The Bertz CT molecular complexity index is 3000. The highest BCUT2D eigenvalue weighted by molar-refractivity contribution is 6.10. The van der Waals surface area contributed by atoms with Crippen molar-refractivity contribution in [3.8, 4) is 79.6 Å². The van der Waals surface area contributed by atoms with Crippen molar-refractivity contribution < 1.29 is 0 Å². The highest BCUT2D eigenvalue weighted by Crippen LogP contribution is 2.39. The number of hydrogen-bond donors (Lipinski definition) is 0. The van der Waals surface area contributed by atoms with Gasteiger partial charge in [-0.3, -0.25) is 0 Å². The molecule has 3 aromatic heterocycles. The van der Waals surface area contributed by atoms with Gasteiger partial charge in [-0.25, -0.2) is 19.9 Å². The maximum Gasteiger partial charge on any atom is 0.162 e. The monoisotopic (exact) mass is 728 g/mol. The van der Waals surface area contributed by atoms with E-state index in [1.165, 1.54) is 0 Å². The minimum absolute atomic E-state index is 0.576. The molecule has 10 aromatic rings. The van der Waals surface area contributed by atoms with Gasteiger partial charge in [0.1, 0.15) is 0 Å². The molecule has 0 saturated heterocycles. The molecular weight excluding hydrogens is 697 g/mol. The van der Waals surface area contributed by atoms with Crippen LogP contribution in [0.4, 0.5) is 0 Å². The second kappa shape index (κ2) is 14.3. The molecule has 0 amide bonds. The van der Waals surface area contributed by atoms with Crippen LogP contribution in [0.1, 0.15) is 5.56 Å². The Balaban J connectivity index is 1.27. The van der Waals surface area contributed by atoms with Crippen LogP contribution in [0.5, 0.6) is 0 Å². The van der Waals surface area contributed by atoms with E-state index in [0.29, 0.717) is 17.2 Å². The molecule has 266 valence electrons. The molecule has 0 radical (unpaired) electrons. The lowest BCUT2D eigenvalue weighted by molar-refractivity contribution is 1.13. The summed E-state index contributed by atoms with van der Waals surface area (Å²) in [5.74, 6) is 1.22. The van der Waals surface area contributed by atoms with Crippen molar-refractivity contribution in [2.75, 3.05) is 0 Å². The van der Waals surface area contributed by atoms with E-state index in [4.69, 9.17) is 19.9 Å². The molecular formula is C51H32N6. The van der Waals surface area contributed by atoms with Gasteiger partial charge in [0.25, 0.3) is 0 Å². The Morgan fingerprint density at radius 2 is 0.842 bits per heavy atom. The number of rotatable bonds is 7. The van der Waals surface area contributed by atoms with E-state index in [-0.39, 0.29) is 0 Å². The predicted molar refractivity (Wildman–Crippen MR) is 229 cm³/mol. The third-order valence-corrected chi connectivity index (χ3v) is 10.3. The van der Waals surface area contributed by atoms with Gasteiger partial charge in [-0.2, -0.15) is 5.26 Å². The van der Waals surface area contributed by atoms with E-state index in [2.05, 4.69) is 89.5 Å². The van der Waals surface area contributed by atoms with E-state index in [9.17, 15) is 5.26 Å². The Morgan fingerprint density at radius 1 is 0.368 bits per heavy atom. The van der Waals surface area contributed by atoms with Crippen LogP contribution in [-0.4, -0.2) is 24.5 Å². The Labute approximate surface area is 329 Å². The van der Waals surface area contributed by atoms with Crippen LogP contribution < -0.4 is 0 Å². The SMILES string of the molecule is N#Cc1ccc2c(c1)c1ccccc1n2-c1ccc(-c2cc(-c3ccccc3)nc(-c3ccccc3)n2)cc1-c1nc(-c2ccccc2)cc(-c2ccccc2)n1. The lowest BCUT2D eigenvalue weighted by Crippen LogP contribution is -2.03. The van der Waals surface area contributed by atoms with Gasteiger partial charge < -0.3 is 4.57 Å². The smallest absolute Gasteiger partial charge is 0.162 e. The van der Waals surface area contributed by atoms with Crippen molar-refractivity contribution in [1.82, 2.24) is 24.5 Å². The largest absolute Gasteiger partial charge is 0.308 e. The molecule has 0 bridgehead atoms. The van der Waals surface area contributed by atoms with Crippen LogP contribution in [0.15, 0.2) is 194 Å². The summed E-state index contributed by atoms with van der Waals surface area (Å²) in [6.07, 6.45) is 0. The van der Waals surface area contributed by atoms with Crippen LogP contribution >= 0.6 is 0 Å². The molecule has 57 heavy (non-hydrogen) atoms. The lowest BCUT2D eigenvalue weighted by Gasteiger charge is -2.17. The van der Waals surface area contributed by atoms with E-state index in [1.54, 1.807) is 0 Å². The molecule has 0 unspecified atom stereocenters. The zero-order valence-electron chi connectivity index (χ0n) is 30.7. The second-order valence-corrected chi connectivity index (χ2v) is 13.8. The van der Waals surface area contributed by atoms with Crippen molar-refractivity contribution >= 4 is 21.8 Å². The Kier molecular flexibility index (Phi) is 8.44. The average molecular weight is 729 g/mol. The summed E-state index contributed by atoms with van der Waals surface area (Å²) in [7, 11) is 0. The third-order valence-electron chi connectivity index (χ3n) is 10.3. The summed E-state index contributed by atoms with van der Waals surface area (Å²) >= 11 is 0. The van der Waals surface area contributed by atoms with E-state index >= 15 is 0 Å². The zero-order chi connectivity index (χ0) is 38.1. The maximum absolute atomic E-state index is 9.87. The topological polar surface area (TPSA) is 80.3 Å². The average Bonchev–Trinajstić information content (AvgIpc) is 3.63. The highest BCUT2D eigenvalue weighted by atomic mass is 15.0. The van der Waals surface area contributed by atoms with Gasteiger partial charge in [0.05, 0.1) is 51.1 Å². The van der Waals surface area contributed by atoms with Crippen molar-refractivity contribution in [3.05, 3.63) is 200 Å². The Morgan fingerprint density at radius 3 is 1.40 bits per heavy atom. The van der Waals surface area contributed by atoms with Crippen LogP contribution in [0.3, 0.4) is 0 Å². The minimum atomic E-state index is 0.576. The molecule has 7 aromatic carbocycles. The molecule has 6 heteroatoms. The van der Waals surface area contributed by atoms with Crippen molar-refractivity contribution in [1.29, 1.82) is 5.26 Å². The minimum Gasteiger partial charge on any atom is -0.308 e. The van der Waals surface area contributed by atoms with Gasteiger partial charge in [-0.1, -0.05) is 146 Å². The molecule has 0 spiro atoms. The molecule has 0 aliphatic carbocycles. The third kappa shape index (κ3) is 6.29. The first-order valence-electron chi connectivity index (χ1n) is 18.8. The van der Waals surface area contributed by atoms with E-state index in [1.807, 2.05) is 115 Å². The standard InChI is InChI=1S/C51H32N6/c52-33-34-25-27-48-41(29-34)40-23-13-14-24-47(40)57(48)49-28-26-39(46-32-43(35-15-5-1-6-16-35)53-50(54-46)38-21-11-4-12-22-38)30-42(49)51-55-44(36-17-7-2-8-18-36)31-45(56-51)37-19-9-3-10-20-37/h1-32H. The number of para-hydroxylation sites is 1. The quantitative estimate of drug-likeness (QED) is 0.163. The summed E-state index contributed by atoms with van der Waals surface area (Å²) < 4.78 is 2.26. The number of nitrogens with zero attached hydrogens (tertiary/aromatic N) is 6. The molecule has 0 saturated carbocycles. The highest BCUT2D eigenvalue weighted by Gasteiger charge is 2.21. The van der Waals surface area contributed by atoms with Gasteiger partial charge >= 0.3 is 0 Å². The van der Waals surface area contributed by atoms with E-state index in [0.717, 1.165) is 83.6 Å². The number of aromatic nitrogens is 5. The number of nitriles is 1. The predicted octanol–water partition coefficient (Wildman–Crippen LogP) is 12.2. The summed E-state index contributed by atoms with van der Waals surface area (Å²) in [5.41, 5.74) is 12.4. The van der Waals surface area contributed by atoms with Crippen LogP contribution in [0, 0.1) is 11.3 Å². The van der Waals surface area contributed by atoms with E-state index < -0.39 is 0 Å². The number of fused-ring (bicyclic) bond motifs is 3. The zero-order valence-corrected chi connectivity index (χ0v) is 30.7. The fourth-order valence-electron chi connectivity index (χ4n) is 7.52. The van der Waals surface area contributed by atoms with Gasteiger partial charge in [0.2, 0.25) is 0 Å². The van der Waals surface area contributed by atoms with Crippen molar-refractivity contribution in [3.63, 3.8) is 0 Å². The van der Waals surface area contributed by atoms with Gasteiger partial charge in [0.15, 0.2) is 11.6 Å². The number of hydrogen-bond acceptors (Lipinski definition) is 5. The van der Waals surface area contributed by atoms with Crippen LogP contribution in [-0.2, 0) is 0 Å². The summed E-state index contributed by atoms with van der Waals surface area (Å²) in [5, 5.41) is 11.9. The summed E-state index contributed by atoms with van der Waals surface area (Å²) in [6, 6.07) is 67.8. The fraction of sp³-hybridized carbons (Fsp3) is 0. The molecule has 3 heterocycles. The molecule has 0 aliphatic rings.